The molecular formula is C15H14O2. The summed E-state index contributed by atoms with van der Waals surface area (Å²) in [5, 5.41) is 0. The quantitative estimate of drug-likeness (QED) is 0.572. The van der Waals surface area contributed by atoms with Crippen LogP contribution in [-0.2, 0) is 16.0 Å². The Morgan fingerprint density at radius 3 is 2.82 bits per heavy atom. The molecule has 1 saturated heterocycles. The maximum Gasteiger partial charge on any atom is 0.317 e. The lowest BCUT2D eigenvalue weighted by molar-refractivity contribution is -0.143. The van der Waals surface area contributed by atoms with Crippen molar-refractivity contribution in [3.63, 3.8) is 0 Å². The van der Waals surface area contributed by atoms with Crippen molar-refractivity contribution in [2.24, 2.45) is 5.41 Å². The third-order valence-electron chi connectivity index (χ3n) is 2.96. The smallest absolute Gasteiger partial charge is 0.317 e. The number of terminal acetylenes is 1. The summed E-state index contributed by atoms with van der Waals surface area (Å²) in [4.78, 5) is 11.9. The predicted octanol–water partition coefficient (Wildman–Crippen LogP) is 2.70. The van der Waals surface area contributed by atoms with Crippen molar-refractivity contribution >= 4 is 5.97 Å². The second-order valence-corrected chi connectivity index (χ2v) is 4.57. The van der Waals surface area contributed by atoms with Gasteiger partial charge in [-0.3, -0.25) is 4.79 Å². The number of rotatable bonds is 2. The molecule has 1 atom stereocenters. The van der Waals surface area contributed by atoms with E-state index in [2.05, 4.69) is 5.92 Å². The Morgan fingerprint density at radius 2 is 2.18 bits per heavy atom. The lowest BCUT2D eigenvalue weighted by Gasteiger charge is -2.17. The Balaban J connectivity index is 2.18. The fraction of sp³-hybridized carbons (Fsp3) is 0.267. The number of allylic oxidation sites excluding steroid dienone is 2. The van der Waals surface area contributed by atoms with Crippen LogP contribution >= 0.6 is 0 Å². The van der Waals surface area contributed by atoms with E-state index in [4.69, 9.17) is 11.2 Å². The van der Waals surface area contributed by atoms with E-state index in [-0.39, 0.29) is 5.97 Å². The van der Waals surface area contributed by atoms with Crippen LogP contribution in [0.25, 0.3) is 0 Å². The monoisotopic (exact) mass is 226 g/mol. The van der Waals surface area contributed by atoms with E-state index in [1.807, 2.05) is 37.3 Å². The van der Waals surface area contributed by atoms with Crippen LogP contribution in [0.2, 0.25) is 0 Å². The Morgan fingerprint density at radius 1 is 1.47 bits per heavy atom. The molecule has 0 bridgehead atoms. The lowest BCUT2D eigenvalue weighted by Crippen LogP contribution is -2.24. The van der Waals surface area contributed by atoms with E-state index in [9.17, 15) is 4.79 Å². The zero-order valence-electron chi connectivity index (χ0n) is 9.77. The molecule has 86 valence electrons. The predicted molar refractivity (Wildman–Crippen MR) is 65.9 cm³/mol. The molecule has 0 radical (unpaired) electrons. The average Bonchev–Trinajstić information content (AvgIpc) is 2.56. The summed E-state index contributed by atoms with van der Waals surface area (Å²) in [5.41, 5.74) is 0.637. The van der Waals surface area contributed by atoms with Crippen LogP contribution in [0, 0.1) is 17.8 Å². The molecule has 2 heteroatoms. The van der Waals surface area contributed by atoms with Crippen LogP contribution in [0.15, 0.2) is 42.2 Å². The van der Waals surface area contributed by atoms with Gasteiger partial charge >= 0.3 is 5.97 Å². The molecule has 0 spiro atoms. The van der Waals surface area contributed by atoms with Crippen LogP contribution < -0.4 is 0 Å². The first-order chi connectivity index (χ1) is 8.14. The van der Waals surface area contributed by atoms with Gasteiger partial charge in [-0.2, -0.15) is 0 Å². The number of carbonyl (C=O) groups is 1. The minimum absolute atomic E-state index is 0.192. The van der Waals surface area contributed by atoms with Crippen LogP contribution in [0.1, 0.15) is 18.9 Å². The van der Waals surface area contributed by atoms with Gasteiger partial charge in [-0.1, -0.05) is 36.3 Å². The zero-order chi connectivity index (χ0) is 12.3. The zero-order valence-corrected chi connectivity index (χ0v) is 9.77. The van der Waals surface area contributed by atoms with Crippen LogP contribution in [0.5, 0.6) is 0 Å². The number of ether oxygens (including phenoxy) is 1. The molecule has 0 saturated carbocycles. The van der Waals surface area contributed by atoms with Crippen molar-refractivity contribution in [1.29, 1.82) is 0 Å². The van der Waals surface area contributed by atoms with Gasteiger partial charge in [0.2, 0.25) is 0 Å². The molecule has 1 aliphatic rings. The molecule has 0 amide bonds. The van der Waals surface area contributed by atoms with E-state index < -0.39 is 5.41 Å². The van der Waals surface area contributed by atoms with Crippen LogP contribution in [0.4, 0.5) is 0 Å². The van der Waals surface area contributed by atoms with E-state index >= 15 is 0 Å². The van der Waals surface area contributed by atoms with Gasteiger partial charge in [0, 0.05) is 12.5 Å². The normalized spacial score (nSPS) is 25.6. The van der Waals surface area contributed by atoms with Crippen molar-refractivity contribution in [2.45, 2.75) is 19.8 Å². The van der Waals surface area contributed by atoms with Gasteiger partial charge in [-0.05, 0) is 18.9 Å². The highest BCUT2D eigenvalue weighted by molar-refractivity contribution is 5.81. The number of esters is 1. The number of benzene rings is 1. The van der Waals surface area contributed by atoms with Crippen molar-refractivity contribution in [3.8, 4) is 12.3 Å². The van der Waals surface area contributed by atoms with Crippen molar-refractivity contribution in [1.82, 2.24) is 0 Å². The summed E-state index contributed by atoms with van der Waals surface area (Å²) >= 11 is 0. The van der Waals surface area contributed by atoms with Gasteiger partial charge in [0.05, 0.1) is 5.41 Å². The number of carbonyl (C=O) groups excluding carboxylic acids is 1. The third kappa shape index (κ3) is 2.39. The maximum atomic E-state index is 11.9. The van der Waals surface area contributed by atoms with Crippen molar-refractivity contribution in [3.05, 3.63) is 47.7 Å². The first-order valence-electron chi connectivity index (χ1n) is 5.55. The summed E-state index contributed by atoms with van der Waals surface area (Å²) in [5.74, 6) is 2.79. The molecule has 1 aromatic rings. The molecule has 1 unspecified atom stereocenters. The molecule has 2 rings (SSSR count). The molecule has 0 N–H and O–H groups in total. The number of hydrogen-bond acceptors (Lipinski definition) is 2. The van der Waals surface area contributed by atoms with Gasteiger partial charge < -0.3 is 4.74 Å². The molecule has 1 aliphatic heterocycles. The standard InChI is InChI=1S/C15H14O2/c1-3-7-13-11-15(2,14(16)17-13)10-12-8-5-4-6-9-12/h1,4-9H,10-11H2,2H3. The van der Waals surface area contributed by atoms with E-state index in [1.54, 1.807) is 0 Å². The first kappa shape index (κ1) is 11.5. The highest BCUT2D eigenvalue weighted by Crippen LogP contribution is 2.38. The largest absolute Gasteiger partial charge is 0.430 e. The summed E-state index contributed by atoms with van der Waals surface area (Å²) < 4.78 is 5.17. The third-order valence-corrected chi connectivity index (χ3v) is 2.96. The molecule has 0 aromatic heterocycles. The van der Waals surface area contributed by atoms with Gasteiger partial charge in [-0.15, -0.1) is 6.42 Å². The molecule has 1 heterocycles. The Bertz CT molecular complexity index is 493. The minimum Gasteiger partial charge on any atom is -0.430 e. The van der Waals surface area contributed by atoms with E-state index in [0.717, 1.165) is 5.56 Å². The van der Waals surface area contributed by atoms with Gasteiger partial charge in [0.15, 0.2) is 0 Å². The fourth-order valence-electron chi connectivity index (χ4n) is 2.09. The molecular weight excluding hydrogens is 212 g/mol. The van der Waals surface area contributed by atoms with Crippen LogP contribution in [-0.4, -0.2) is 5.97 Å². The van der Waals surface area contributed by atoms with E-state index in [1.165, 1.54) is 6.08 Å². The molecule has 17 heavy (non-hydrogen) atoms. The minimum atomic E-state index is -0.496. The van der Waals surface area contributed by atoms with Gasteiger partial charge in [0.1, 0.15) is 5.76 Å². The summed E-state index contributed by atoms with van der Waals surface area (Å²) in [6.45, 7) is 1.92. The molecule has 1 aromatic carbocycles. The van der Waals surface area contributed by atoms with Crippen molar-refractivity contribution < 1.29 is 9.53 Å². The Kier molecular flexibility index (Phi) is 3.01. The summed E-state index contributed by atoms with van der Waals surface area (Å²) in [6.07, 6.45) is 7.95. The number of hydrogen-bond donors (Lipinski definition) is 0. The maximum absolute atomic E-state index is 11.9. The second kappa shape index (κ2) is 4.47. The molecule has 2 nitrogen and oxygen atoms in total. The lowest BCUT2D eigenvalue weighted by atomic mass is 9.82. The molecule has 1 fully saturated rings. The summed E-state index contributed by atoms with van der Waals surface area (Å²) in [6, 6.07) is 9.93. The second-order valence-electron chi connectivity index (χ2n) is 4.57. The Labute approximate surface area is 101 Å². The highest BCUT2D eigenvalue weighted by atomic mass is 16.5. The molecule has 0 aliphatic carbocycles. The first-order valence-corrected chi connectivity index (χ1v) is 5.55. The SMILES string of the molecule is C#CC=C1CC(C)(Cc2ccccc2)C(=O)O1. The summed E-state index contributed by atoms with van der Waals surface area (Å²) in [7, 11) is 0. The van der Waals surface area contributed by atoms with Gasteiger partial charge in [-0.25, -0.2) is 0 Å². The van der Waals surface area contributed by atoms with Crippen molar-refractivity contribution in [2.75, 3.05) is 0 Å². The van der Waals surface area contributed by atoms with Gasteiger partial charge in [0.25, 0.3) is 0 Å². The topological polar surface area (TPSA) is 26.3 Å². The highest BCUT2D eigenvalue weighted by Gasteiger charge is 2.42. The van der Waals surface area contributed by atoms with Crippen LogP contribution in [0.3, 0.4) is 0 Å². The number of cyclic esters (lactones) is 1. The average molecular weight is 226 g/mol. The Hall–Kier alpha value is -2.01. The fourth-order valence-corrected chi connectivity index (χ4v) is 2.09. The van der Waals surface area contributed by atoms with E-state index in [0.29, 0.717) is 18.6 Å².